The minimum Gasteiger partial charge on any atom is -0.462 e. The van der Waals surface area contributed by atoms with Crippen LogP contribution in [0.15, 0.2) is 85.1 Å². The number of unbranched alkanes of at least 4 members (excludes halogenated alkanes) is 30. The zero-order chi connectivity index (χ0) is 52.2. The Labute approximate surface area is 445 Å². The van der Waals surface area contributed by atoms with Gasteiger partial charge in [0.1, 0.15) is 13.2 Å². The second-order valence-corrected chi connectivity index (χ2v) is 20.2. The van der Waals surface area contributed by atoms with Crippen molar-refractivity contribution < 1.29 is 28.6 Å². The van der Waals surface area contributed by atoms with Crippen molar-refractivity contribution in [3.8, 4) is 0 Å². The largest absolute Gasteiger partial charge is 0.462 e. The minimum absolute atomic E-state index is 0.107. The fraction of sp³-hybridized carbons (Fsp3) is 0.742. The van der Waals surface area contributed by atoms with Gasteiger partial charge in [-0.25, -0.2) is 0 Å². The minimum atomic E-state index is -0.819. The maximum atomic E-state index is 12.8. The lowest BCUT2D eigenvalue weighted by Crippen LogP contribution is -2.30. The molecule has 0 aliphatic carbocycles. The first-order valence-corrected chi connectivity index (χ1v) is 30.6. The van der Waals surface area contributed by atoms with Crippen molar-refractivity contribution >= 4 is 17.9 Å². The van der Waals surface area contributed by atoms with Crippen LogP contribution < -0.4 is 0 Å². The van der Waals surface area contributed by atoms with Gasteiger partial charge in [0.2, 0.25) is 0 Å². The number of hydrogen-bond donors (Lipinski definition) is 0. The highest BCUT2D eigenvalue weighted by molar-refractivity contribution is 5.71. The van der Waals surface area contributed by atoms with E-state index in [0.717, 1.165) is 96.3 Å². The van der Waals surface area contributed by atoms with Crippen LogP contribution in [0.1, 0.15) is 297 Å². The van der Waals surface area contributed by atoms with E-state index in [1.807, 2.05) is 6.08 Å². The van der Waals surface area contributed by atoms with Gasteiger partial charge in [-0.2, -0.15) is 0 Å². The summed E-state index contributed by atoms with van der Waals surface area (Å²) in [5.74, 6) is -0.995. The molecule has 0 aliphatic rings. The van der Waals surface area contributed by atoms with Crippen molar-refractivity contribution in [2.24, 2.45) is 0 Å². The molecule has 1 unspecified atom stereocenters. The van der Waals surface area contributed by atoms with E-state index in [2.05, 4.69) is 99.8 Å². The Kier molecular flexibility index (Phi) is 57.3. The van der Waals surface area contributed by atoms with Crippen LogP contribution in [0.3, 0.4) is 0 Å². The van der Waals surface area contributed by atoms with Crippen LogP contribution in [0, 0.1) is 0 Å². The molecule has 0 spiro atoms. The fourth-order valence-corrected chi connectivity index (χ4v) is 8.59. The molecule has 6 nitrogen and oxygen atoms in total. The molecule has 0 heterocycles. The number of allylic oxidation sites excluding steroid dienone is 14. The number of carbonyl (C=O) groups excluding carboxylic acids is 3. The number of carbonyl (C=O) groups is 3. The van der Waals surface area contributed by atoms with Gasteiger partial charge in [-0.05, 0) is 77.0 Å². The fourth-order valence-electron chi connectivity index (χ4n) is 8.59. The first kappa shape index (κ1) is 68.6. The molecule has 0 aromatic rings. The van der Waals surface area contributed by atoms with Gasteiger partial charge >= 0.3 is 17.9 Å². The molecule has 414 valence electrons. The van der Waals surface area contributed by atoms with E-state index in [1.54, 1.807) is 0 Å². The van der Waals surface area contributed by atoms with Crippen LogP contribution >= 0.6 is 0 Å². The van der Waals surface area contributed by atoms with Crippen LogP contribution in [0.25, 0.3) is 0 Å². The highest BCUT2D eigenvalue weighted by atomic mass is 16.6. The Morgan fingerprint density at radius 1 is 0.292 bits per heavy atom. The monoisotopic (exact) mass is 1000 g/mol. The smallest absolute Gasteiger partial charge is 0.306 e. The van der Waals surface area contributed by atoms with E-state index in [4.69, 9.17) is 14.2 Å². The van der Waals surface area contributed by atoms with Crippen molar-refractivity contribution in [1.82, 2.24) is 0 Å². The summed E-state index contributed by atoms with van der Waals surface area (Å²) in [5, 5.41) is 0. The zero-order valence-corrected chi connectivity index (χ0v) is 47.4. The SMILES string of the molecule is CC/C=C\C/C=C\C/C=C\C/C=C\C/C=C\C/C=C\CCC(=O)OC(COC(=O)CCCCCCC/C=C\CCC)COC(=O)CCCCCCCCCCCCCCCCCCCCCCCCCCC. The van der Waals surface area contributed by atoms with Crippen LogP contribution in [-0.2, 0) is 28.6 Å². The molecule has 0 aliphatic heterocycles. The van der Waals surface area contributed by atoms with Gasteiger partial charge in [-0.15, -0.1) is 0 Å². The molecule has 0 saturated heterocycles. The molecule has 0 saturated carbocycles. The molecular formula is C66H114O6. The lowest BCUT2D eigenvalue weighted by Gasteiger charge is -2.18. The van der Waals surface area contributed by atoms with Crippen LogP contribution in [-0.4, -0.2) is 37.2 Å². The third-order valence-electron chi connectivity index (χ3n) is 13.1. The van der Waals surface area contributed by atoms with E-state index in [0.29, 0.717) is 19.3 Å². The third-order valence-corrected chi connectivity index (χ3v) is 13.1. The summed E-state index contributed by atoms with van der Waals surface area (Å²) in [6.07, 6.45) is 79.0. The zero-order valence-electron chi connectivity index (χ0n) is 47.4. The van der Waals surface area contributed by atoms with Gasteiger partial charge in [0.25, 0.3) is 0 Å². The van der Waals surface area contributed by atoms with Gasteiger partial charge in [0.05, 0.1) is 0 Å². The van der Waals surface area contributed by atoms with Crippen LogP contribution in [0.5, 0.6) is 0 Å². The van der Waals surface area contributed by atoms with E-state index in [9.17, 15) is 14.4 Å². The predicted molar refractivity (Wildman–Crippen MR) is 311 cm³/mol. The van der Waals surface area contributed by atoms with Crippen molar-refractivity contribution in [3.63, 3.8) is 0 Å². The number of hydrogen-bond acceptors (Lipinski definition) is 6. The quantitative estimate of drug-likeness (QED) is 0.0261. The molecule has 72 heavy (non-hydrogen) atoms. The van der Waals surface area contributed by atoms with Gasteiger partial charge in [-0.3, -0.25) is 14.4 Å². The Hall–Kier alpha value is -3.41. The van der Waals surface area contributed by atoms with Crippen molar-refractivity contribution in [3.05, 3.63) is 85.1 Å². The Balaban J connectivity index is 4.30. The van der Waals surface area contributed by atoms with E-state index < -0.39 is 12.1 Å². The van der Waals surface area contributed by atoms with E-state index in [1.165, 1.54) is 154 Å². The third kappa shape index (κ3) is 57.5. The average Bonchev–Trinajstić information content (AvgIpc) is 3.38. The first-order valence-electron chi connectivity index (χ1n) is 30.6. The van der Waals surface area contributed by atoms with Gasteiger partial charge in [0.15, 0.2) is 6.10 Å². The van der Waals surface area contributed by atoms with Crippen molar-refractivity contribution in [1.29, 1.82) is 0 Å². The topological polar surface area (TPSA) is 78.9 Å². The maximum Gasteiger partial charge on any atom is 0.306 e. The molecule has 0 aromatic heterocycles. The lowest BCUT2D eigenvalue weighted by atomic mass is 10.0. The average molecular weight is 1000 g/mol. The second-order valence-electron chi connectivity index (χ2n) is 20.2. The van der Waals surface area contributed by atoms with Crippen LogP contribution in [0.4, 0.5) is 0 Å². The summed E-state index contributed by atoms with van der Waals surface area (Å²) in [7, 11) is 0. The lowest BCUT2D eigenvalue weighted by molar-refractivity contribution is -0.166. The van der Waals surface area contributed by atoms with Gasteiger partial charge in [-0.1, -0.05) is 286 Å². The number of rotatable bonds is 55. The van der Waals surface area contributed by atoms with Crippen LogP contribution in [0.2, 0.25) is 0 Å². The number of esters is 3. The summed E-state index contributed by atoms with van der Waals surface area (Å²) in [4.78, 5) is 38.1. The van der Waals surface area contributed by atoms with Gasteiger partial charge in [0, 0.05) is 19.3 Å². The molecule has 0 rings (SSSR count). The molecule has 0 aromatic carbocycles. The Morgan fingerprint density at radius 2 is 0.597 bits per heavy atom. The Bertz CT molecular complexity index is 1380. The summed E-state index contributed by atoms with van der Waals surface area (Å²) >= 11 is 0. The predicted octanol–water partition coefficient (Wildman–Crippen LogP) is 20.7. The summed E-state index contributed by atoms with van der Waals surface area (Å²) in [5.41, 5.74) is 0. The molecule has 0 radical (unpaired) electrons. The summed E-state index contributed by atoms with van der Waals surface area (Å²) in [6, 6.07) is 0. The molecule has 0 amide bonds. The van der Waals surface area contributed by atoms with Crippen molar-refractivity contribution in [2.75, 3.05) is 13.2 Å². The molecular weight excluding hydrogens is 889 g/mol. The highest BCUT2D eigenvalue weighted by Crippen LogP contribution is 2.17. The maximum absolute atomic E-state index is 12.8. The Morgan fingerprint density at radius 3 is 0.958 bits per heavy atom. The molecule has 6 heteroatoms. The highest BCUT2D eigenvalue weighted by Gasteiger charge is 2.19. The van der Waals surface area contributed by atoms with Crippen molar-refractivity contribution in [2.45, 2.75) is 303 Å². The van der Waals surface area contributed by atoms with E-state index >= 15 is 0 Å². The normalized spacial score (nSPS) is 12.7. The molecule has 0 bridgehead atoms. The molecule has 0 N–H and O–H groups in total. The second kappa shape index (κ2) is 60.1. The first-order chi connectivity index (χ1) is 35.5. The van der Waals surface area contributed by atoms with Gasteiger partial charge < -0.3 is 14.2 Å². The molecule has 1 atom stereocenters. The number of ether oxygens (including phenoxy) is 3. The van der Waals surface area contributed by atoms with E-state index in [-0.39, 0.29) is 31.6 Å². The standard InChI is InChI=1S/C66H114O6/c1-4-7-10-13-16-19-22-24-26-28-30-31-32-33-34-35-37-38-40-42-44-47-50-53-56-59-65(68)71-62-63(61-70-64(67)58-55-52-49-46-21-18-15-12-9-6-3)72-66(69)60-57-54-51-48-45-43-41-39-36-29-27-25-23-20-17-14-11-8-5-2/h8,11-12,15,17,20,25,27,36,39,43,45,51,54,63H,4-7,9-10,13-14,16,18-19,21-24,26,28-35,37-38,40-42,44,46-50,52-53,55-62H2,1-3H3/b11-8-,15-12-,20-17-,27-25-,39-36-,45-43-,54-51-. The molecule has 0 fully saturated rings. The summed E-state index contributed by atoms with van der Waals surface area (Å²) < 4.78 is 16.8. The summed E-state index contributed by atoms with van der Waals surface area (Å²) in [6.45, 7) is 6.42.